The van der Waals surface area contributed by atoms with Gasteiger partial charge in [0.15, 0.2) is 5.11 Å². The summed E-state index contributed by atoms with van der Waals surface area (Å²) in [5.41, 5.74) is 1.72. The Labute approximate surface area is 199 Å². The average molecular weight is 470 g/mol. The average Bonchev–Trinajstić information content (AvgIpc) is 3.43. The van der Waals surface area contributed by atoms with Gasteiger partial charge in [-0.15, -0.1) is 0 Å². The molecule has 5 rings (SSSR count). The van der Waals surface area contributed by atoms with Crippen molar-refractivity contribution in [2.45, 2.75) is 62.4 Å². The molecule has 3 N–H and O–H groups in total. The third kappa shape index (κ3) is 5.05. The molecule has 3 aliphatic rings. The number of hydrogen-bond acceptors (Lipinski definition) is 7. The number of ether oxygens (including phenoxy) is 3. The zero-order valence-electron chi connectivity index (χ0n) is 18.8. The fraction of sp³-hybridized carbons (Fsp3) is 0.542. The molecule has 2 saturated heterocycles. The first kappa shape index (κ1) is 22.3. The smallest absolute Gasteiger partial charge is 0.223 e. The summed E-state index contributed by atoms with van der Waals surface area (Å²) in [4.78, 5) is 9.11. The lowest BCUT2D eigenvalue weighted by Crippen LogP contribution is -2.51. The van der Waals surface area contributed by atoms with E-state index >= 15 is 0 Å². The van der Waals surface area contributed by atoms with Crippen LogP contribution in [0.1, 0.15) is 32.1 Å². The van der Waals surface area contributed by atoms with E-state index in [1.165, 1.54) is 32.1 Å². The quantitative estimate of drug-likeness (QED) is 0.553. The number of rotatable bonds is 6. The molecule has 1 aromatic heterocycles. The highest BCUT2D eigenvalue weighted by Gasteiger charge is 2.48. The first-order valence-corrected chi connectivity index (χ1v) is 12.2. The minimum absolute atomic E-state index is 0.0328. The van der Waals surface area contributed by atoms with Crippen LogP contribution >= 0.6 is 12.2 Å². The summed E-state index contributed by atoms with van der Waals surface area (Å²) in [5.74, 6) is 1.32. The Balaban J connectivity index is 1.19. The number of hydrogen-bond donors (Lipinski definition) is 3. The lowest BCUT2D eigenvalue weighted by atomic mass is 9.96. The maximum absolute atomic E-state index is 6.10. The molecule has 0 spiro atoms. The number of nitrogens with zero attached hydrogens (tertiary/aromatic N) is 2. The lowest BCUT2D eigenvalue weighted by molar-refractivity contribution is 0.0688. The van der Waals surface area contributed by atoms with Crippen molar-refractivity contribution < 1.29 is 14.2 Å². The van der Waals surface area contributed by atoms with E-state index in [1.807, 2.05) is 30.3 Å². The molecule has 4 atom stereocenters. The third-order valence-corrected chi connectivity index (χ3v) is 6.90. The number of aromatic nitrogens is 2. The van der Waals surface area contributed by atoms with Crippen molar-refractivity contribution in [2.75, 3.05) is 25.6 Å². The normalized spacial score (nSPS) is 27.1. The van der Waals surface area contributed by atoms with E-state index in [4.69, 9.17) is 31.4 Å². The Bertz CT molecular complexity index is 971. The molecular formula is C24H31N5O3S. The molecule has 1 saturated carbocycles. The molecule has 1 aromatic carbocycles. The molecule has 8 nitrogen and oxygen atoms in total. The molecule has 3 fully saturated rings. The number of para-hydroxylation sites is 1. The van der Waals surface area contributed by atoms with Gasteiger partial charge in [0.2, 0.25) is 5.95 Å². The van der Waals surface area contributed by atoms with E-state index in [0.717, 1.165) is 17.0 Å². The highest BCUT2D eigenvalue weighted by Crippen LogP contribution is 2.31. The van der Waals surface area contributed by atoms with E-state index in [1.54, 1.807) is 13.3 Å². The monoisotopic (exact) mass is 469 g/mol. The molecule has 33 heavy (non-hydrogen) atoms. The van der Waals surface area contributed by atoms with Gasteiger partial charge < -0.3 is 30.2 Å². The van der Waals surface area contributed by atoms with Gasteiger partial charge in [-0.2, -0.15) is 0 Å². The van der Waals surface area contributed by atoms with Crippen molar-refractivity contribution >= 4 is 23.3 Å². The topological polar surface area (TPSA) is 89.6 Å². The number of fused-ring (bicyclic) bond motifs is 1. The van der Waals surface area contributed by atoms with Crippen LogP contribution in [-0.2, 0) is 9.47 Å². The number of anilines is 1. The van der Waals surface area contributed by atoms with Crippen LogP contribution in [0.4, 0.5) is 5.95 Å². The van der Waals surface area contributed by atoms with Crippen LogP contribution in [0.5, 0.6) is 5.75 Å². The number of nitrogens with one attached hydrogen (secondary N) is 3. The molecule has 0 unspecified atom stereocenters. The molecule has 2 aliphatic heterocycles. The number of benzene rings is 1. The van der Waals surface area contributed by atoms with Crippen molar-refractivity contribution in [1.82, 2.24) is 20.6 Å². The maximum atomic E-state index is 6.10. The predicted molar refractivity (Wildman–Crippen MR) is 130 cm³/mol. The van der Waals surface area contributed by atoms with E-state index in [9.17, 15) is 0 Å². The first-order chi connectivity index (χ1) is 16.2. The number of thiocarbonyl (C=S) groups is 1. The molecule has 0 amide bonds. The van der Waals surface area contributed by atoms with Crippen molar-refractivity contribution in [1.29, 1.82) is 0 Å². The van der Waals surface area contributed by atoms with Crippen LogP contribution in [0.2, 0.25) is 0 Å². The Morgan fingerprint density at radius 3 is 2.58 bits per heavy atom. The van der Waals surface area contributed by atoms with Crippen LogP contribution in [-0.4, -0.2) is 65.7 Å². The highest BCUT2D eigenvalue weighted by molar-refractivity contribution is 7.80. The zero-order valence-corrected chi connectivity index (χ0v) is 19.6. The summed E-state index contributed by atoms with van der Waals surface area (Å²) in [7, 11) is 1.66. The molecule has 0 bridgehead atoms. The van der Waals surface area contributed by atoms with E-state index in [2.05, 4.69) is 20.9 Å². The summed E-state index contributed by atoms with van der Waals surface area (Å²) in [5, 5.41) is 11.0. The molecule has 0 radical (unpaired) electrons. The minimum Gasteiger partial charge on any atom is -0.496 e. The van der Waals surface area contributed by atoms with Crippen molar-refractivity contribution in [3.8, 4) is 17.0 Å². The van der Waals surface area contributed by atoms with Gasteiger partial charge >= 0.3 is 0 Å². The number of methoxy groups -OCH3 is 1. The van der Waals surface area contributed by atoms with Crippen LogP contribution < -0.4 is 20.7 Å². The van der Waals surface area contributed by atoms with Gasteiger partial charge in [-0.3, -0.25) is 0 Å². The third-order valence-electron chi connectivity index (χ3n) is 6.66. The van der Waals surface area contributed by atoms with E-state index in [0.29, 0.717) is 30.3 Å². The standard InChI is InChI=1S/C24H31N5O3S/c1-30-20-10-6-5-9-16(20)17-11-12-25-23(27-17)28-18-13-31-22-19(14-32-21(18)22)29-24(33)26-15-7-3-2-4-8-15/h5-6,9-12,15,18-19,21-22H,2-4,7-8,13-14H2,1H3,(H,25,27,28)(H2,26,29,33)/t18-,19-,21+,22+/m0/s1. The maximum Gasteiger partial charge on any atom is 0.223 e. The second-order valence-electron chi connectivity index (χ2n) is 8.87. The molecule has 1 aliphatic carbocycles. The van der Waals surface area contributed by atoms with Crippen molar-refractivity contribution in [3.63, 3.8) is 0 Å². The Kier molecular flexibility index (Phi) is 6.89. The first-order valence-electron chi connectivity index (χ1n) is 11.7. The molecular weight excluding hydrogens is 438 g/mol. The van der Waals surface area contributed by atoms with Crippen LogP contribution in [0.25, 0.3) is 11.3 Å². The Hall–Kier alpha value is -2.49. The summed E-state index contributed by atoms with van der Waals surface area (Å²) >= 11 is 5.57. The fourth-order valence-electron chi connectivity index (χ4n) is 4.99. The zero-order chi connectivity index (χ0) is 22.6. The second-order valence-corrected chi connectivity index (χ2v) is 9.28. The summed E-state index contributed by atoms with van der Waals surface area (Å²) in [6, 6.07) is 10.2. The van der Waals surface area contributed by atoms with Gasteiger partial charge in [-0.1, -0.05) is 31.4 Å². The van der Waals surface area contributed by atoms with Gasteiger partial charge in [0.1, 0.15) is 18.0 Å². The van der Waals surface area contributed by atoms with Crippen LogP contribution in [0, 0.1) is 0 Å². The van der Waals surface area contributed by atoms with Gasteiger partial charge in [0.05, 0.1) is 38.1 Å². The summed E-state index contributed by atoms with van der Waals surface area (Å²) < 4.78 is 17.7. The van der Waals surface area contributed by atoms with E-state index in [-0.39, 0.29) is 24.3 Å². The van der Waals surface area contributed by atoms with Crippen LogP contribution in [0.3, 0.4) is 0 Å². The Morgan fingerprint density at radius 2 is 1.76 bits per heavy atom. The largest absolute Gasteiger partial charge is 0.496 e. The Morgan fingerprint density at radius 1 is 1.00 bits per heavy atom. The lowest BCUT2D eigenvalue weighted by Gasteiger charge is -2.26. The van der Waals surface area contributed by atoms with Crippen LogP contribution in [0.15, 0.2) is 36.5 Å². The molecule has 2 aromatic rings. The van der Waals surface area contributed by atoms with Gasteiger partial charge in [0.25, 0.3) is 0 Å². The predicted octanol–water partition coefficient (Wildman–Crippen LogP) is 2.90. The molecule has 3 heterocycles. The van der Waals surface area contributed by atoms with E-state index < -0.39 is 0 Å². The van der Waals surface area contributed by atoms with Gasteiger partial charge in [-0.25, -0.2) is 9.97 Å². The van der Waals surface area contributed by atoms with Crippen molar-refractivity contribution in [3.05, 3.63) is 36.5 Å². The highest BCUT2D eigenvalue weighted by atomic mass is 32.1. The summed E-state index contributed by atoms with van der Waals surface area (Å²) in [6.45, 7) is 1.08. The summed E-state index contributed by atoms with van der Waals surface area (Å²) in [6.07, 6.45) is 7.84. The van der Waals surface area contributed by atoms with Gasteiger partial charge in [-0.05, 0) is 43.3 Å². The second kappa shape index (κ2) is 10.2. The van der Waals surface area contributed by atoms with Crippen molar-refractivity contribution in [2.24, 2.45) is 0 Å². The fourth-order valence-corrected chi connectivity index (χ4v) is 5.31. The SMILES string of the molecule is COc1ccccc1-c1ccnc(N[C@H]2CO[C@H]3[C@@H]2OC[C@@H]3NC(=S)NC2CCCCC2)n1. The van der Waals surface area contributed by atoms with Gasteiger partial charge in [0, 0.05) is 17.8 Å². The molecule has 9 heteroatoms. The molecule has 176 valence electrons. The minimum atomic E-state index is -0.0847.